The van der Waals surface area contributed by atoms with Gasteiger partial charge < -0.3 is 9.73 Å². The lowest BCUT2D eigenvalue weighted by molar-refractivity contribution is 0.0998. The van der Waals surface area contributed by atoms with E-state index in [0.717, 1.165) is 17.4 Å². The fourth-order valence-corrected chi connectivity index (χ4v) is 2.43. The van der Waals surface area contributed by atoms with Crippen LogP contribution in [0.5, 0.6) is 0 Å². The normalized spacial score (nSPS) is 10.9. The second kappa shape index (κ2) is 5.64. The highest BCUT2D eigenvalue weighted by molar-refractivity contribution is 6.06. The fourth-order valence-electron chi connectivity index (χ4n) is 2.43. The number of nitrogens with one attached hydrogen (secondary N) is 1. The van der Waals surface area contributed by atoms with Crippen molar-refractivity contribution in [1.82, 2.24) is 0 Å². The van der Waals surface area contributed by atoms with Crippen LogP contribution in [0.2, 0.25) is 0 Å². The number of benzene rings is 2. The fraction of sp³-hybridized carbons (Fsp3) is 0.167. The van der Waals surface area contributed by atoms with Gasteiger partial charge in [0.25, 0.3) is 5.91 Å². The van der Waals surface area contributed by atoms with Gasteiger partial charge in [-0.3, -0.25) is 4.79 Å². The summed E-state index contributed by atoms with van der Waals surface area (Å²) in [5.41, 5.74) is 3.23. The maximum Gasteiger partial charge on any atom is 0.291 e. The number of rotatable bonds is 3. The zero-order chi connectivity index (χ0) is 15.7. The van der Waals surface area contributed by atoms with Gasteiger partial charge in [0.05, 0.1) is 0 Å². The quantitative estimate of drug-likeness (QED) is 0.761. The van der Waals surface area contributed by atoms with Crippen molar-refractivity contribution in [1.29, 1.82) is 0 Å². The molecule has 22 heavy (non-hydrogen) atoms. The summed E-state index contributed by atoms with van der Waals surface area (Å²) in [4.78, 5) is 12.3. The van der Waals surface area contributed by atoms with E-state index in [1.165, 1.54) is 29.8 Å². The van der Waals surface area contributed by atoms with E-state index in [1.807, 2.05) is 25.1 Å². The monoisotopic (exact) mass is 297 g/mol. The van der Waals surface area contributed by atoms with Crippen LogP contribution in [-0.4, -0.2) is 5.91 Å². The molecule has 1 N–H and O–H groups in total. The number of carbonyl (C=O) groups is 1. The molecule has 0 aliphatic heterocycles. The maximum atomic E-state index is 12.9. The van der Waals surface area contributed by atoms with Crippen LogP contribution < -0.4 is 5.32 Å². The smallest absolute Gasteiger partial charge is 0.291 e. The average Bonchev–Trinajstić information content (AvgIpc) is 2.86. The Morgan fingerprint density at radius 3 is 2.59 bits per heavy atom. The number of furan rings is 1. The Morgan fingerprint density at radius 2 is 1.91 bits per heavy atom. The van der Waals surface area contributed by atoms with Gasteiger partial charge in [0, 0.05) is 16.6 Å². The maximum absolute atomic E-state index is 12.9. The first-order valence-corrected chi connectivity index (χ1v) is 7.17. The van der Waals surface area contributed by atoms with Gasteiger partial charge in [0.2, 0.25) is 0 Å². The molecule has 3 aromatic rings. The molecule has 0 unspecified atom stereocenters. The number of carbonyl (C=O) groups excluding carboxylic acids is 1. The van der Waals surface area contributed by atoms with Gasteiger partial charge in [-0.25, -0.2) is 4.39 Å². The number of hydrogen-bond donors (Lipinski definition) is 1. The molecule has 0 spiro atoms. The van der Waals surface area contributed by atoms with Crippen molar-refractivity contribution in [3.63, 3.8) is 0 Å². The van der Waals surface area contributed by atoms with Gasteiger partial charge in [0.1, 0.15) is 11.4 Å². The molecule has 1 aromatic heterocycles. The largest absolute Gasteiger partial charge is 0.451 e. The molecular weight excluding hydrogens is 281 g/mol. The molecule has 1 amide bonds. The molecule has 2 aromatic carbocycles. The minimum absolute atomic E-state index is 0.285. The van der Waals surface area contributed by atoms with Crippen molar-refractivity contribution >= 4 is 22.6 Å². The molecule has 1 heterocycles. The number of aryl methyl sites for hydroxylation is 2. The Morgan fingerprint density at radius 1 is 1.18 bits per heavy atom. The van der Waals surface area contributed by atoms with Gasteiger partial charge in [-0.2, -0.15) is 0 Å². The van der Waals surface area contributed by atoms with E-state index in [2.05, 4.69) is 12.2 Å². The molecule has 0 atom stereocenters. The summed E-state index contributed by atoms with van der Waals surface area (Å²) in [6.45, 7) is 3.95. The molecule has 112 valence electrons. The number of amides is 1. The van der Waals surface area contributed by atoms with Gasteiger partial charge in [-0.15, -0.1) is 0 Å². The summed E-state index contributed by atoms with van der Waals surface area (Å²) in [5, 5.41) is 3.66. The zero-order valence-corrected chi connectivity index (χ0v) is 12.4. The Kier molecular flexibility index (Phi) is 3.67. The first-order chi connectivity index (χ1) is 10.6. The van der Waals surface area contributed by atoms with E-state index in [-0.39, 0.29) is 17.5 Å². The van der Waals surface area contributed by atoms with Crippen LogP contribution in [0.1, 0.15) is 28.6 Å². The molecule has 3 rings (SSSR count). The molecule has 0 aliphatic carbocycles. The van der Waals surface area contributed by atoms with Crippen LogP contribution in [-0.2, 0) is 6.42 Å². The molecule has 0 bridgehead atoms. The third-order valence-corrected chi connectivity index (χ3v) is 3.72. The number of fused-ring (bicyclic) bond motifs is 1. The van der Waals surface area contributed by atoms with Crippen molar-refractivity contribution in [2.45, 2.75) is 20.3 Å². The highest BCUT2D eigenvalue weighted by Gasteiger charge is 2.18. The highest BCUT2D eigenvalue weighted by atomic mass is 19.1. The van der Waals surface area contributed by atoms with E-state index in [1.54, 1.807) is 0 Å². The van der Waals surface area contributed by atoms with Crippen LogP contribution in [0.15, 0.2) is 46.9 Å². The average molecular weight is 297 g/mol. The van der Waals surface area contributed by atoms with Crippen LogP contribution in [0.4, 0.5) is 10.1 Å². The van der Waals surface area contributed by atoms with Crippen molar-refractivity contribution in [2.24, 2.45) is 0 Å². The Hall–Kier alpha value is -2.62. The summed E-state index contributed by atoms with van der Waals surface area (Å²) in [6.07, 6.45) is 0.928. The lowest BCUT2D eigenvalue weighted by Crippen LogP contribution is -2.12. The third kappa shape index (κ3) is 2.60. The highest BCUT2D eigenvalue weighted by Crippen LogP contribution is 2.27. The van der Waals surface area contributed by atoms with E-state index in [4.69, 9.17) is 4.42 Å². The molecule has 0 fully saturated rings. The summed E-state index contributed by atoms with van der Waals surface area (Å²) < 4.78 is 18.6. The molecule has 4 heteroatoms. The van der Waals surface area contributed by atoms with Crippen LogP contribution >= 0.6 is 0 Å². The summed E-state index contributed by atoms with van der Waals surface area (Å²) >= 11 is 0. The third-order valence-electron chi connectivity index (χ3n) is 3.72. The first kappa shape index (κ1) is 14.3. The summed E-state index contributed by atoms with van der Waals surface area (Å²) in [6, 6.07) is 11.6. The van der Waals surface area contributed by atoms with Gasteiger partial charge in [0.15, 0.2) is 5.76 Å². The molecule has 0 saturated carbocycles. The lowest BCUT2D eigenvalue weighted by Gasteiger charge is -2.03. The van der Waals surface area contributed by atoms with Gasteiger partial charge in [-0.1, -0.05) is 13.0 Å². The van der Waals surface area contributed by atoms with E-state index >= 15 is 0 Å². The second-order valence-electron chi connectivity index (χ2n) is 5.20. The van der Waals surface area contributed by atoms with Gasteiger partial charge >= 0.3 is 0 Å². The minimum atomic E-state index is -0.343. The van der Waals surface area contributed by atoms with Gasteiger partial charge in [-0.05, 0) is 55.3 Å². The number of anilines is 1. The Bertz CT molecular complexity index is 834. The number of halogens is 1. The van der Waals surface area contributed by atoms with E-state index in [9.17, 15) is 9.18 Å². The predicted octanol–water partition coefficient (Wildman–Crippen LogP) is 4.70. The van der Waals surface area contributed by atoms with Crippen molar-refractivity contribution in [3.8, 4) is 0 Å². The molecule has 0 aliphatic rings. The molecule has 0 saturated heterocycles. The predicted molar refractivity (Wildman–Crippen MR) is 84.7 cm³/mol. The standard InChI is InChI=1S/C18H16FNO2/c1-3-12-4-9-16-15(10-12)11(2)17(22-16)18(21)20-14-7-5-13(19)6-8-14/h4-10H,3H2,1-2H3,(H,20,21). The SMILES string of the molecule is CCc1ccc2oc(C(=O)Nc3ccc(F)cc3)c(C)c2c1. The first-order valence-electron chi connectivity index (χ1n) is 7.17. The molecule has 0 radical (unpaired) electrons. The summed E-state index contributed by atoms with van der Waals surface area (Å²) in [5.74, 6) is -0.393. The van der Waals surface area contributed by atoms with Crippen molar-refractivity contribution < 1.29 is 13.6 Å². The van der Waals surface area contributed by atoms with Crippen LogP contribution in [0, 0.1) is 12.7 Å². The van der Waals surface area contributed by atoms with Crippen molar-refractivity contribution in [3.05, 3.63) is 65.2 Å². The molecule has 3 nitrogen and oxygen atoms in total. The Labute approximate surface area is 127 Å². The zero-order valence-electron chi connectivity index (χ0n) is 12.4. The van der Waals surface area contributed by atoms with E-state index in [0.29, 0.717) is 11.3 Å². The Balaban J connectivity index is 1.93. The van der Waals surface area contributed by atoms with Crippen LogP contribution in [0.3, 0.4) is 0 Å². The molecular formula is C18H16FNO2. The van der Waals surface area contributed by atoms with Crippen LogP contribution in [0.25, 0.3) is 11.0 Å². The topological polar surface area (TPSA) is 42.2 Å². The van der Waals surface area contributed by atoms with E-state index < -0.39 is 0 Å². The van der Waals surface area contributed by atoms with Crippen molar-refractivity contribution in [2.75, 3.05) is 5.32 Å². The summed E-state index contributed by atoms with van der Waals surface area (Å²) in [7, 11) is 0. The number of hydrogen-bond acceptors (Lipinski definition) is 2. The second-order valence-corrected chi connectivity index (χ2v) is 5.20. The minimum Gasteiger partial charge on any atom is -0.451 e. The lowest BCUT2D eigenvalue weighted by atomic mass is 10.1.